The molecule has 3 N–H and O–H groups in total. The van der Waals surface area contributed by atoms with Crippen LogP contribution < -0.4 is 20.7 Å². The number of hydrogen-bond donors (Lipinski definition) is 2. The van der Waals surface area contributed by atoms with Gasteiger partial charge >= 0.3 is 0 Å². The Morgan fingerprint density at radius 1 is 1.18 bits per heavy atom. The summed E-state index contributed by atoms with van der Waals surface area (Å²) in [4.78, 5) is 44.1. The first-order chi connectivity index (χ1) is 15.7. The average Bonchev–Trinajstić information content (AvgIpc) is 2.89. The highest BCUT2D eigenvalue weighted by Gasteiger charge is 2.33. The Morgan fingerprint density at radius 2 is 1.91 bits per heavy atom. The maximum atomic E-state index is 13.3. The minimum Gasteiger partial charge on any atom is -0.497 e. The molecule has 2 aromatic carbocycles. The molecule has 1 heterocycles. The van der Waals surface area contributed by atoms with Gasteiger partial charge in [-0.3, -0.25) is 14.4 Å². The lowest BCUT2D eigenvalue weighted by atomic mass is 9.93. The molecule has 0 bridgehead atoms. The molecular weight excluding hydrogens is 420 g/mol. The van der Waals surface area contributed by atoms with E-state index in [2.05, 4.69) is 5.32 Å². The Balaban J connectivity index is 2.04. The molecule has 1 aliphatic rings. The van der Waals surface area contributed by atoms with Crippen LogP contribution in [0.5, 0.6) is 5.75 Å². The van der Waals surface area contributed by atoms with Gasteiger partial charge in [-0.2, -0.15) is 0 Å². The van der Waals surface area contributed by atoms with E-state index < -0.39 is 23.9 Å². The molecule has 2 aromatic rings. The number of benzodiazepines with no additional fused rings is 1. The molecule has 1 aliphatic heterocycles. The van der Waals surface area contributed by atoms with E-state index in [0.29, 0.717) is 23.6 Å². The summed E-state index contributed by atoms with van der Waals surface area (Å²) in [6, 6.07) is 14.8. The standard InChI is InChI=1S/C25H30N4O4/c1-15(2)12-17(14-21(26)30)24(31)28-23-25(32)29(3)20-11-6-5-10-19(20)22(27-23)16-8-7-9-18(13-16)33-4/h5-11,13,15,17,23H,12,14H2,1-4H3,(H2,26,30)(H,28,31). The number of amides is 3. The normalized spacial score (nSPS) is 16.5. The summed E-state index contributed by atoms with van der Waals surface area (Å²) in [6.45, 7) is 3.92. The number of methoxy groups -OCH3 is 1. The molecule has 8 heteroatoms. The van der Waals surface area contributed by atoms with E-state index in [4.69, 9.17) is 15.5 Å². The Bertz CT molecular complexity index is 1080. The van der Waals surface area contributed by atoms with Crippen LogP contribution in [0.2, 0.25) is 0 Å². The number of nitrogens with two attached hydrogens (primary N) is 1. The number of rotatable bonds is 8. The Morgan fingerprint density at radius 3 is 2.58 bits per heavy atom. The van der Waals surface area contributed by atoms with E-state index in [9.17, 15) is 14.4 Å². The monoisotopic (exact) mass is 450 g/mol. The molecule has 33 heavy (non-hydrogen) atoms. The number of fused-ring (bicyclic) bond motifs is 1. The van der Waals surface area contributed by atoms with E-state index >= 15 is 0 Å². The average molecular weight is 451 g/mol. The minimum absolute atomic E-state index is 0.0898. The highest BCUT2D eigenvalue weighted by molar-refractivity contribution is 6.20. The lowest BCUT2D eigenvalue weighted by Crippen LogP contribution is -2.48. The third-order valence-corrected chi connectivity index (χ3v) is 5.54. The summed E-state index contributed by atoms with van der Waals surface area (Å²) < 4.78 is 5.36. The van der Waals surface area contributed by atoms with Crippen LogP contribution in [0.25, 0.3) is 0 Å². The highest BCUT2D eigenvalue weighted by Crippen LogP contribution is 2.28. The third kappa shape index (κ3) is 5.58. The Hall–Kier alpha value is -3.68. The fourth-order valence-corrected chi connectivity index (χ4v) is 3.96. The van der Waals surface area contributed by atoms with E-state index in [1.807, 2.05) is 62.4 Å². The molecule has 0 aliphatic carbocycles. The number of hydrogen-bond acceptors (Lipinski definition) is 5. The number of ether oxygens (including phenoxy) is 1. The summed E-state index contributed by atoms with van der Waals surface area (Å²) in [5.41, 5.74) is 8.11. The maximum Gasteiger partial charge on any atom is 0.272 e. The highest BCUT2D eigenvalue weighted by atomic mass is 16.5. The first-order valence-electron chi connectivity index (χ1n) is 10.9. The van der Waals surface area contributed by atoms with Crippen LogP contribution in [0.3, 0.4) is 0 Å². The summed E-state index contributed by atoms with van der Waals surface area (Å²) in [7, 11) is 3.23. The summed E-state index contributed by atoms with van der Waals surface area (Å²) in [6.07, 6.45) is -0.773. The van der Waals surface area contributed by atoms with E-state index in [0.717, 1.165) is 11.1 Å². The van der Waals surface area contributed by atoms with Gasteiger partial charge < -0.3 is 20.7 Å². The predicted molar refractivity (Wildman–Crippen MR) is 127 cm³/mol. The van der Waals surface area contributed by atoms with Crippen LogP contribution >= 0.6 is 0 Å². The number of likely N-dealkylation sites (N-methyl/N-ethyl adjacent to an activating group) is 1. The second-order valence-corrected chi connectivity index (χ2v) is 8.53. The fourth-order valence-electron chi connectivity index (χ4n) is 3.96. The van der Waals surface area contributed by atoms with Crippen molar-refractivity contribution in [3.8, 4) is 5.75 Å². The molecule has 0 aromatic heterocycles. The van der Waals surface area contributed by atoms with Gasteiger partial charge in [-0.25, -0.2) is 4.99 Å². The molecule has 2 unspecified atom stereocenters. The minimum atomic E-state index is -1.15. The topological polar surface area (TPSA) is 114 Å². The van der Waals surface area contributed by atoms with E-state index in [-0.39, 0.29) is 18.2 Å². The van der Waals surface area contributed by atoms with Gasteiger partial charge in [0.1, 0.15) is 5.75 Å². The third-order valence-electron chi connectivity index (χ3n) is 5.54. The summed E-state index contributed by atoms with van der Waals surface area (Å²) in [5.74, 6) is -1.18. The van der Waals surface area contributed by atoms with Gasteiger partial charge in [0.25, 0.3) is 5.91 Å². The molecule has 2 atom stereocenters. The maximum absolute atomic E-state index is 13.3. The van der Waals surface area contributed by atoms with Crippen molar-refractivity contribution in [2.45, 2.75) is 32.9 Å². The number of benzene rings is 2. The van der Waals surface area contributed by atoms with Crippen LogP contribution in [0.15, 0.2) is 53.5 Å². The van der Waals surface area contributed by atoms with Crippen LogP contribution in [0.4, 0.5) is 5.69 Å². The molecular formula is C25H30N4O4. The van der Waals surface area contributed by atoms with Gasteiger partial charge in [0, 0.05) is 30.5 Å². The van der Waals surface area contributed by atoms with Crippen molar-refractivity contribution in [3.05, 3.63) is 59.7 Å². The van der Waals surface area contributed by atoms with Crippen molar-refractivity contribution >= 4 is 29.1 Å². The molecule has 174 valence electrons. The number of nitrogens with one attached hydrogen (secondary N) is 1. The molecule has 0 saturated carbocycles. The second kappa shape index (κ2) is 10.3. The van der Waals surface area contributed by atoms with Crippen molar-refractivity contribution < 1.29 is 19.1 Å². The zero-order chi connectivity index (χ0) is 24.1. The lowest BCUT2D eigenvalue weighted by molar-refractivity contribution is -0.132. The van der Waals surface area contributed by atoms with Gasteiger partial charge in [-0.1, -0.05) is 44.2 Å². The summed E-state index contributed by atoms with van der Waals surface area (Å²) in [5, 5.41) is 2.76. The molecule has 0 radical (unpaired) electrons. The first kappa shape index (κ1) is 24.0. The number of para-hydroxylation sites is 1. The van der Waals surface area contributed by atoms with Gasteiger partial charge in [0.15, 0.2) is 0 Å². The van der Waals surface area contributed by atoms with Crippen molar-refractivity contribution in [2.75, 3.05) is 19.1 Å². The molecule has 0 saturated heterocycles. The number of primary amides is 1. The number of nitrogens with zero attached hydrogens (tertiary/aromatic N) is 2. The zero-order valence-corrected chi connectivity index (χ0v) is 19.4. The van der Waals surface area contributed by atoms with Crippen molar-refractivity contribution in [3.63, 3.8) is 0 Å². The molecule has 0 spiro atoms. The smallest absolute Gasteiger partial charge is 0.272 e. The fraction of sp³-hybridized carbons (Fsp3) is 0.360. The largest absolute Gasteiger partial charge is 0.497 e. The van der Waals surface area contributed by atoms with Gasteiger partial charge in [-0.15, -0.1) is 0 Å². The lowest BCUT2D eigenvalue weighted by Gasteiger charge is -2.23. The number of aliphatic imine (C=N–C) groups is 1. The number of carbonyl (C=O) groups is 3. The van der Waals surface area contributed by atoms with E-state index in [1.165, 1.54) is 4.90 Å². The molecule has 8 nitrogen and oxygen atoms in total. The van der Waals surface area contributed by atoms with Crippen molar-refractivity contribution in [2.24, 2.45) is 22.6 Å². The molecule has 3 amide bonds. The van der Waals surface area contributed by atoms with Crippen LogP contribution in [0.1, 0.15) is 37.8 Å². The van der Waals surface area contributed by atoms with Crippen molar-refractivity contribution in [1.82, 2.24) is 5.32 Å². The number of anilines is 1. The Labute approximate surface area is 193 Å². The van der Waals surface area contributed by atoms with Gasteiger partial charge in [0.2, 0.25) is 18.0 Å². The van der Waals surface area contributed by atoms with Crippen LogP contribution in [-0.2, 0) is 14.4 Å². The zero-order valence-electron chi connectivity index (χ0n) is 19.4. The summed E-state index contributed by atoms with van der Waals surface area (Å²) >= 11 is 0. The first-order valence-corrected chi connectivity index (χ1v) is 10.9. The quantitative estimate of drug-likeness (QED) is 0.643. The van der Waals surface area contributed by atoms with Gasteiger partial charge in [-0.05, 0) is 30.5 Å². The van der Waals surface area contributed by atoms with Crippen LogP contribution in [0, 0.1) is 11.8 Å². The van der Waals surface area contributed by atoms with E-state index in [1.54, 1.807) is 14.2 Å². The molecule has 0 fully saturated rings. The molecule has 3 rings (SSSR count). The second-order valence-electron chi connectivity index (χ2n) is 8.53. The van der Waals surface area contributed by atoms with Crippen LogP contribution in [-0.4, -0.2) is 43.8 Å². The van der Waals surface area contributed by atoms with Crippen molar-refractivity contribution in [1.29, 1.82) is 0 Å². The SMILES string of the molecule is COc1cccc(C2=NC(NC(=O)C(CC(N)=O)CC(C)C)C(=O)N(C)c3ccccc32)c1. The Kier molecular flexibility index (Phi) is 7.48. The predicted octanol–water partition coefficient (Wildman–Crippen LogP) is 2.49. The van der Waals surface area contributed by atoms with Gasteiger partial charge in [0.05, 0.1) is 18.5 Å². The number of carbonyl (C=O) groups excluding carboxylic acids is 3.